The quantitative estimate of drug-likeness (QED) is 0.160. The van der Waals surface area contributed by atoms with Crippen molar-refractivity contribution in [2.75, 3.05) is 19.1 Å². The van der Waals surface area contributed by atoms with Crippen LogP contribution in [-0.2, 0) is 0 Å². The average molecular weight is 522 g/mol. The number of carbonyl (C=O) groups excluding carboxylic acids is 1. The van der Waals surface area contributed by atoms with Crippen molar-refractivity contribution in [1.29, 1.82) is 0 Å². The third kappa shape index (κ3) is 5.59. The predicted molar refractivity (Wildman–Crippen MR) is 153 cm³/mol. The van der Waals surface area contributed by atoms with Gasteiger partial charge in [0.1, 0.15) is 11.5 Å². The van der Waals surface area contributed by atoms with Crippen LogP contribution in [0.5, 0.6) is 11.5 Å². The molecule has 0 aliphatic rings. The monoisotopic (exact) mass is 521 g/mol. The minimum Gasteiger partial charge on any atom is -0.497 e. The maximum atomic E-state index is 11.0. The summed E-state index contributed by atoms with van der Waals surface area (Å²) in [6, 6.07) is 32.1. The smallest absolute Gasteiger partial charge is 0.160 e. The molecule has 2 heterocycles. The van der Waals surface area contributed by atoms with E-state index in [0.717, 1.165) is 59.9 Å². The second-order valence-corrected chi connectivity index (χ2v) is 10.2. The Morgan fingerprint density at radius 1 is 0.622 bits per heavy atom. The van der Waals surface area contributed by atoms with Crippen LogP contribution in [0.25, 0.3) is 9.75 Å². The number of methoxy groups -OCH3 is 2. The molecule has 3 aromatic carbocycles. The summed E-state index contributed by atoms with van der Waals surface area (Å²) in [5, 5.41) is 0. The minimum atomic E-state index is 0.731. The molecule has 0 saturated carbocycles. The van der Waals surface area contributed by atoms with Gasteiger partial charge in [0, 0.05) is 32.4 Å². The number of anilines is 3. The van der Waals surface area contributed by atoms with Crippen molar-refractivity contribution in [1.82, 2.24) is 0 Å². The fraction of sp³-hybridized carbons (Fsp3) is 0.0645. The van der Waals surface area contributed by atoms with Crippen molar-refractivity contribution in [3.05, 3.63) is 112 Å². The number of carbonyl (C=O) groups is 1. The van der Waals surface area contributed by atoms with Crippen LogP contribution < -0.4 is 14.4 Å². The van der Waals surface area contributed by atoms with Gasteiger partial charge in [-0.05, 0) is 97.1 Å². The van der Waals surface area contributed by atoms with E-state index < -0.39 is 0 Å². The molecule has 2 aromatic heterocycles. The molecule has 5 aromatic rings. The SMILES string of the molecule is COc1ccc(N(c2ccc(C#Cc3ccc(-c4ccc(C=O)s4)s3)cc2)c2ccc(OC)cc2)cc1. The largest absolute Gasteiger partial charge is 0.497 e. The first kappa shape index (κ1) is 24.4. The lowest BCUT2D eigenvalue weighted by atomic mass is 10.1. The zero-order valence-electron chi connectivity index (χ0n) is 20.3. The summed E-state index contributed by atoms with van der Waals surface area (Å²) >= 11 is 3.12. The zero-order valence-corrected chi connectivity index (χ0v) is 21.9. The van der Waals surface area contributed by atoms with Crippen LogP contribution in [0.2, 0.25) is 0 Å². The van der Waals surface area contributed by atoms with E-state index in [1.165, 1.54) is 11.3 Å². The molecule has 4 nitrogen and oxygen atoms in total. The summed E-state index contributed by atoms with van der Waals surface area (Å²) < 4.78 is 10.7. The number of ether oxygens (including phenoxy) is 2. The number of nitrogens with zero attached hydrogens (tertiary/aromatic N) is 1. The van der Waals surface area contributed by atoms with Crippen molar-refractivity contribution < 1.29 is 14.3 Å². The minimum absolute atomic E-state index is 0.731. The normalized spacial score (nSPS) is 10.3. The molecule has 0 bridgehead atoms. The Hall–Kier alpha value is -4.31. The Morgan fingerprint density at radius 2 is 1.14 bits per heavy atom. The van der Waals surface area contributed by atoms with Crippen LogP contribution in [-0.4, -0.2) is 20.5 Å². The van der Waals surface area contributed by atoms with Crippen LogP contribution in [0.15, 0.2) is 97.1 Å². The van der Waals surface area contributed by atoms with Gasteiger partial charge in [-0.3, -0.25) is 4.79 Å². The molecule has 0 aliphatic heterocycles. The molecule has 0 amide bonds. The van der Waals surface area contributed by atoms with Crippen LogP contribution in [0, 0.1) is 11.8 Å². The first-order valence-electron chi connectivity index (χ1n) is 11.5. The highest BCUT2D eigenvalue weighted by molar-refractivity contribution is 7.23. The highest BCUT2D eigenvalue weighted by Gasteiger charge is 2.13. The zero-order chi connectivity index (χ0) is 25.6. The van der Waals surface area contributed by atoms with Crippen molar-refractivity contribution >= 4 is 46.0 Å². The number of rotatable bonds is 7. The number of hydrogen-bond donors (Lipinski definition) is 0. The highest BCUT2D eigenvalue weighted by Crippen LogP contribution is 2.36. The first-order valence-corrected chi connectivity index (χ1v) is 13.2. The Labute approximate surface area is 224 Å². The molecular formula is C31H23NO3S2. The Bertz CT molecular complexity index is 1510. The van der Waals surface area contributed by atoms with E-state index in [1.54, 1.807) is 25.6 Å². The predicted octanol–water partition coefficient (Wildman–Crippen LogP) is 8.18. The molecule has 0 N–H and O–H groups in total. The molecule has 182 valence electrons. The maximum absolute atomic E-state index is 11.0. The van der Waals surface area contributed by atoms with Crippen LogP contribution in [0.4, 0.5) is 17.1 Å². The third-order valence-electron chi connectivity index (χ3n) is 5.71. The molecule has 0 atom stereocenters. The van der Waals surface area contributed by atoms with Crippen LogP contribution in [0.1, 0.15) is 20.1 Å². The van der Waals surface area contributed by atoms with Gasteiger partial charge in [-0.2, -0.15) is 0 Å². The van der Waals surface area contributed by atoms with Crippen molar-refractivity contribution in [3.63, 3.8) is 0 Å². The van der Waals surface area contributed by atoms with Gasteiger partial charge in [0.25, 0.3) is 0 Å². The molecule has 37 heavy (non-hydrogen) atoms. The summed E-state index contributed by atoms with van der Waals surface area (Å²) in [7, 11) is 3.33. The van der Waals surface area contributed by atoms with Crippen molar-refractivity contribution in [3.8, 4) is 33.1 Å². The lowest BCUT2D eigenvalue weighted by Gasteiger charge is -2.25. The lowest BCUT2D eigenvalue weighted by molar-refractivity contribution is 0.112. The average Bonchev–Trinajstić information content (AvgIpc) is 3.63. The molecule has 0 unspecified atom stereocenters. The number of benzene rings is 3. The van der Waals surface area contributed by atoms with Crippen LogP contribution in [0.3, 0.4) is 0 Å². The fourth-order valence-corrected chi connectivity index (χ4v) is 5.60. The third-order valence-corrected chi connectivity index (χ3v) is 7.92. The van der Waals surface area contributed by atoms with Gasteiger partial charge in [0.05, 0.1) is 24.0 Å². The van der Waals surface area contributed by atoms with Gasteiger partial charge in [-0.25, -0.2) is 0 Å². The van der Waals surface area contributed by atoms with E-state index in [9.17, 15) is 4.79 Å². The molecule has 0 spiro atoms. The summed E-state index contributed by atoms with van der Waals surface area (Å²) in [4.78, 5) is 17.1. The van der Waals surface area contributed by atoms with Crippen molar-refractivity contribution in [2.45, 2.75) is 0 Å². The Morgan fingerprint density at radius 3 is 1.65 bits per heavy atom. The topological polar surface area (TPSA) is 38.8 Å². The second kappa shape index (κ2) is 11.2. The van der Waals surface area contributed by atoms with E-state index in [0.29, 0.717) is 0 Å². The van der Waals surface area contributed by atoms with Gasteiger partial charge in [0.2, 0.25) is 0 Å². The number of hydrogen-bond acceptors (Lipinski definition) is 6. The standard InChI is InChI=1S/C31H23NO3S2/c1-34-26-12-8-24(9-13-26)32(25-10-14-27(35-2)15-11-25)23-6-3-22(4-7-23)5-16-28-17-19-30(36-28)31-20-18-29(21-33)37-31/h3-4,6-15,17-21H,1-2H3. The lowest BCUT2D eigenvalue weighted by Crippen LogP contribution is -2.09. The van der Waals surface area contributed by atoms with Gasteiger partial charge in [-0.1, -0.05) is 11.8 Å². The van der Waals surface area contributed by atoms with Crippen LogP contribution >= 0.6 is 22.7 Å². The van der Waals surface area contributed by atoms with Gasteiger partial charge in [-0.15, -0.1) is 22.7 Å². The Balaban J connectivity index is 1.40. The highest BCUT2D eigenvalue weighted by atomic mass is 32.1. The molecule has 0 fully saturated rings. The Kier molecular flexibility index (Phi) is 7.36. The molecule has 5 rings (SSSR count). The van der Waals surface area contributed by atoms with Crippen molar-refractivity contribution in [2.24, 2.45) is 0 Å². The number of aldehydes is 1. The van der Waals surface area contributed by atoms with Gasteiger partial charge >= 0.3 is 0 Å². The molecule has 0 saturated heterocycles. The fourth-order valence-electron chi connectivity index (χ4n) is 3.82. The summed E-state index contributed by atoms with van der Waals surface area (Å²) in [5.41, 5.74) is 3.98. The van der Waals surface area contributed by atoms with E-state index in [4.69, 9.17) is 9.47 Å². The first-order chi connectivity index (χ1) is 18.2. The van der Waals surface area contributed by atoms with Gasteiger partial charge in [0.15, 0.2) is 6.29 Å². The number of thiophene rings is 2. The second-order valence-electron chi connectivity index (χ2n) is 8.01. The molecular weight excluding hydrogens is 498 g/mol. The molecule has 0 radical (unpaired) electrons. The summed E-state index contributed by atoms with van der Waals surface area (Å²) in [6.07, 6.45) is 0.885. The summed E-state index contributed by atoms with van der Waals surface area (Å²) in [5.74, 6) is 8.16. The summed E-state index contributed by atoms with van der Waals surface area (Å²) in [6.45, 7) is 0. The van der Waals surface area contributed by atoms with E-state index >= 15 is 0 Å². The van der Waals surface area contributed by atoms with E-state index in [1.807, 2.05) is 78.9 Å². The van der Waals surface area contributed by atoms with E-state index in [2.05, 4.69) is 34.9 Å². The molecule has 0 aliphatic carbocycles. The van der Waals surface area contributed by atoms with E-state index in [-0.39, 0.29) is 0 Å². The van der Waals surface area contributed by atoms with Gasteiger partial charge < -0.3 is 14.4 Å². The molecule has 6 heteroatoms. The maximum Gasteiger partial charge on any atom is 0.160 e.